The molecule has 7 aromatic rings. The molecule has 0 atom stereocenters. The standard InChI is InChI=1S/C47H37N5O2/c1-36-12-22-41(23-13-36)50(42-24-14-37(15-25-42)32-48-51(44-8-4-2-5-9-44)46-28-18-39(34-53)19-29-46)43-26-16-38(17-27-43)33-49-52(45-10-6-3-7-11-45)47-30-20-40(35-54)21-31-47/h2-35H,1H3. The summed E-state index contributed by atoms with van der Waals surface area (Å²) in [6.45, 7) is 2.08. The molecular weight excluding hydrogens is 667 g/mol. The molecule has 7 rings (SSSR count). The first kappa shape index (κ1) is 35.0. The van der Waals surface area contributed by atoms with E-state index in [2.05, 4.69) is 84.6 Å². The van der Waals surface area contributed by atoms with Gasteiger partial charge in [-0.15, -0.1) is 0 Å². The van der Waals surface area contributed by atoms with E-state index in [1.807, 2.05) is 107 Å². The summed E-state index contributed by atoms with van der Waals surface area (Å²) in [4.78, 5) is 24.7. The van der Waals surface area contributed by atoms with Gasteiger partial charge in [0, 0.05) is 28.2 Å². The number of carbonyl (C=O) groups excluding carboxylic acids is 2. The molecule has 262 valence electrons. The van der Waals surface area contributed by atoms with Crippen molar-refractivity contribution in [2.75, 3.05) is 14.9 Å². The van der Waals surface area contributed by atoms with Crippen molar-refractivity contribution in [1.29, 1.82) is 0 Å². The molecule has 0 saturated heterocycles. The summed E-state index contributed by atoms with van der Waals surface area (Å²) in [5, 5.41) is 13.4. The van der Waals surface area contributed by atoms with Crippen LogP contribution in [0.1, 0.15) is 37.4 Å². The summed E-state index contributed by atoms with van der Waals surface area (Å²) in [7, 11) is 0. The summed E-state index contributed by atoms with van der Waals surface area (Å²) >= 11 is 0. The van der Waals surface area contributed by atoms with Gasteiger partial charge in [-0.1, -0.05) is 78.4 Å². The average molecular weight is 704 g/mol. The van der Waals surface area contributed by atoms with E-state index in [4.69, 9.17) is 10.2 Å². The summed E-state index contributed by atoms with van der Waals surface area (Å²) in [6.07, 6.45) is 5.35. The van der Waals surface area contributed by atoms with E-state index >= 15 is 0 Å². The lowest BCUT2D eigenvalue weighted by atomic mass is 10.1. The lowest BCUT2D eigenvalue weighted by molar-refractivity contribution is 0.111. The Morgan fingerprint density at radius 2 is 0.648 bits per heavy atom. The van der Waals surface area contributed by atoms with Crippen LogP contribution in [-0.4, -0.2) is 25.0 Å². The Bertz CT molecular complexity index is 2190. The SMILES string of the molecule is Cc1ccc(N(c2ccc(C=NN(c3ccccc3)c3ccc(C=O)cc3)cc2)c2ccc(C=NN(c3ccccc3)c3ccc(C=O)cc3)cc2)cc1. The van der Waals surface area contributed by atoms with Crippen LogP contribution in [0.4, 0.5) is 39.8 Å². The molecule has 7 heteroatoms. The zero-order valence-corrected chi connectivity index (χ0v) is 29.7. The van der Waals surface area contributed by atoms with Crippen LogP contribution < -0.4 is 14.9 Å². The van der Waals surface area contributed by atoms with Gasteiger partial charge in [0.2, 0.25) is 0 Å². The smallest absolute Gasteiger partial charge is 0.150 e. The highest BCUT2D eigenvalue weighted by Crippen LogP contribution is 2.35. The topological polar surface area (TPSA) is 68.6 Å². The van der Waals surface area contributed by atoms with Gasteiger partial charge in [-0.25, -0.2) is 10.0 Å². The number of rotatable bonds is 13. The van der Waals surface area contributed by atoms with Crippen LogP contribution in [0.3, 0.4) is 0 Å². The van der Waals surface area contributed by atoms with Gasteiger partial charge in [0.05, 0.1) is 35.2 Å². The summed E-state index contributed by atoms with van der Waals surface area (Å²) < 4.78 is 0. The van der Waals surface area contributed by atoms with Crippen LogP contribution >= 0.6 is 0 Å². The van der Waals surface area contributed by atoms with Crippen molar-refractivity contribution in [1.82, 2.24) is 0 Å². The molecule has 0 radical (unpaired) electrons. The second-order valence-corrected chi connectivity index (χ2v) is 12.6. The third-order valence-electron chi connectivity index (χ3n) is 8.79. The highest BCUT2D eigenvalue weighted by atomic mass is 16.1. The summed E-state index contributed by atoms with van der Waals surface area (Å²) in [6, 6.07) is 59.6. The third kappa shape index (κ3) is 8.39. The molecule has 0 fully saturated rings. The first-order valence-corrected chi connectivity index (χ1v) is 17.5. The second-order valence-electron chi connectivity index (χ2n) is 12.6. The van der Waals surface area contributed by atoms with E-state index in [-0.39, 0.29) is 0 Å². The van der Waals surface area contributed by atoms with E-state index in [0.717, 1.165) is 63.5 Å². The van der Waals surface area contributed by atoms with E-state index < -0.39 is 0 Å². The Morgan fingerprint density at radius 1 is 0.352 bits per heavy atom. The number of nitrogens with zero attached hydrogens (tertiary/aromatic N) is 5. The maximum atomic E-state index is 11.2. The molecule has 0 unspecified atom stereocenters. The maximum absolute atomic E-state index is 11.2. The average Bonchev–Trinajstić information content (AvgIpc) is 3.24. The van der Waals surface area contributed by atoms with Gasteiger partial charge >= 0.3 is 0 Å². The molecule has 0 aliphatic rings. The number of hydrogen-bond donors (Lipinski definition) is 0. The number of carbonyl (C=O) groups is 2. The lowest BCUT2D eigenvalue weighted by Crippen LogP contribution is -2.11. The first-order chi connectivity index (χ1) is 26.6. The monoisotopic (exact) mass is 703 g/mol. The fourth-order valence-electron chi connectivity index (χ4n) is 5.90. The molecule has 7 aromatic carbocycles. The van der Waals surface area contributed by atoms with Crippen molar-refractivity contribution in [3.8, 4) is 0 Å². The molecule has 0 N–H and O–H groups in total. The molecule has 0 aliphatic carbocycles. The summed E-state index contributed by atoms with van der Waals surface area (Å²) in [5.74, 6) is 0. The van der Waals surface area contributed by atoms with E-state index in [0.29, 0.717) is 11.1 Å². The van der Waals surface area contributed by atoms with Crippen molar-refractivity contribution in [2.45, 2.75) is 6.92 Å². The van der Waals surface area contributed by atoms with Gasteiger partial charge in [-0.3, -0.25) is 9.59 Å². The fraction of sp³-hybridized carbons (Fsp3) is 0.0213. The van der Waals surface area contributed by atoms with Gasteiger partial charge in [0.25, 0.3) is 0 Å². The van der Waals surface area contributed by atoms with Crippen LogP contribution in [0.25, 0.3) is 0 Å². The van der Waals surface area contributed by atoms with Crippen LogP contribution in [0.15, 0.2) is 192 Å². The van der Waals surface area contributed by atoms with Gasteiger partial charge in [0.15, 0.2) is 0 Å². The fourth-order valence-corrected chi connectivity index (χ4v) is 5.90. The van der Waals surface area contributed by atoms with Crippen molar-refractivity contribution < 1.29 is 9.59 Å². The summed E-state index contributed by atoms with van der Waals surface area (Å²) in [5.41, 5.74) is 10.8. The maximum Gasteiger partial charge on any atom is 0.150 e. The molecule has 54 heavy (non-hydrogen) atoms. The third-order valence-corrected chi connectivity index (χ3v) is 8.79. The second kappa shape index (κ2) is 16.8. The quantitative estimate of drug-likeness (QED) is 0.0679. The highest BCUT2D eigenvalue weighted by molar-refractivity contribution is 5.86. The molecule has 0 amide bonds. The number of para-hydroxylation sites is 2. The van der Waals surface area contributed by atoms with Crippen molar-refractivity contribution >= 4 is 64.8 Å². The number of hydrogen-bond acceptors (Lipinski definition) is 7. The Kier molecular flexibility index (Phi) is 10.9. The molecule has 0 aromatic heterocycles. The largest absolute Gasteiger partial charge is 0.311 e. The van der Waals surface area contributed by atoms with Gasteiger partial charge in [-0.2, -0.15) is 10.2 Å². The van der Waals surface area contributed by atoms with Crippen LogP contribution in [0, 0.1) is 6.92 Å². The minimum atomic E-state index is 0.612. The molecule has 7 nitrogen and oxygen atoms in total. The van der Waals surface area contributed by atoms with Gasteiger partial charge in [-0.05, 0) is 127 Å². The van der Waals surface area contributed by atoms with E-state index in [9.17, 15) is 9.59 Å². The van der Waals surface area contributed by atoms with Gasteiger partial charge < -0.3 is 4.90 Å². The van der Waals surface area contributed by atoms with Crippen molar-refractivity contribution in [2.24, 2.45) is 10.2 Å². The minimum Gasteiger partial charge on any atom is -0.311 e. The molecule has 0 bridgehead atoms. The minimum absolute atomic E-state index is 0.612. The van der Waals surface area contributed by atoms with Gasteiger partial charge in [0.1, 0.15) is 12.6 Å². The van der Waals surface area contributed by atoms with E-state index in [1.54, 1.807) is 24.3 Å². The molecular formula is C47H37N5O2. The van der Waals surface area contributed by atoms with Crippen LogP contribution in [-0.2, 0) is 0 Å². The highest BCUT2D eigenvalue weighted by Gasteiger charge is 2.14. The lowest BCUT2D eigenvalue weighted by Gasteiger charge is -2.26. The number of anilines is 7. The molecule has 0 spiro atoms. The number of benzene rings is 7. The normalized spacial score (nSPS) is 11.1. The number of hydrazone groups is 2. The van der Waals surface area contributed by atoms with Crippen molar-refractivity contribution in [3.05, 3.63) is 210 Å². The molecule has 0 heterocycles. The van der Waals surface area contributed by atoms with Crippen LogP contribution in [0.5, 0.6) is 0 Å². The Labute approximate surface area is 315 Å². The Morgan fingerprint density at radius 3 is 1.00 bits per heavy atom. The Hall–Kier alpha value is -7.38. The number of aryl methyl sites for hydroxylation is 1. The Balaban J connectivity index is 1.15. The number of aldehydes is 2. The zero-order valence-electron chi connectivity index (χ0n) is 29.7. The zero-order chi connectivity index (χ0) is 37.1. The predicted molar refractivity (Wildman–Crippen MR) is 222 cm³/mol. The van der Waals surface area contributed by atoms with Crippen LogP contribution in [0.2, 0.25) is 0 Å². The van der Waals surface area contributed by atoms with E-state index in [1.165, 1.54) is 5.56 Å². The molecule has 0 saturated carbocycles. The first-order valence-electron chi connectivity index (χ1n) is 17.5. The van der Waals surface area contributed by atoms with Crippen molar-refractivity contribution in [3.63, 3.8) is 0 Å². The molecule has 0 aliphatic heterocycles. The predicted octanol–water partition coefficient (Wildman–Crippen LogP) is 11.4.